The molecule has 0 saturated carbocycles. The van der Waals surface area contributed by atoms with Gasteiger partial charge >= 0.3 is 13.1 Å². The molecule has 26 heavy (non-hydrogen) atoms. The average Bonchev–Trinajstić information content (AvgIpc) is 2.47. The monoisotopic (exact) mass is 483 g/mol. The Morgan fingerprint density at radius 1 is 1.19 bits per heavy atom. The number of piperazine rings is 1. The summed E-state index contributed by atoms with van der Waals surface area (Å²) in [6.07, 6.45) is -1.22. The largest absolute Gasteiger partial charge is 0.482 e. The van der Waals surface area contributed by atoms with E-state index >= 15 is 0 Å². The van der Waals surface area contributed by atoms with E-state index in [0.29, 0.717) is 37.3 Å². The topological polar surface area (TPSA) is 32.8 Å². The number of hydrogen-bond donors (Lipinski definition) is 0. The van der Waals surface area contributed by atoms with Crippen LogP contribution in [-0.4, -0.2) is 49.8 Å². The lowest BCUT2D eigenvalue weighted by Crippen LogP contribution is -2.50. The highest BCUT2D eigenvalue weighted by Crippen LogP contribution is 2.30. The van der Waals surface area contributed by atoms with E-state index in [-0.39, 0.29) is 6.09 Å². The highest BCUT2D eigenvalue weighted by molar-refractivity contribution is 14.1. The van der Waals surface area contributed by atoms with Gasteiger partial charge in [-0.05, 0) is 68.0 Å². The Bertz CT molecular complexity index is 669. The van der Waals surface area contributed by atoms with Gasteiger partial charge in [-0.25, -0.2) is 4.79 Å². The number of rotatable bonds is 3. The first-order valence-electron chi connectivity index (χ1n) is 8.58. The lowest BCUT2D eigenvalue weighted by atomic mass is 9.80. The maximum Gasteiger partial charge on any atom is 0.482 e. The zero-order valence-corrected chi connectivity index (χ0v) is 17.6. The number of benzene rings is 1. The van der Waals surface area contributed by atoms with Crippen molar-refractivity contribution < 1.29 is 22.5 Å². The van der Waals surface area contributed by atoms with E-state index in [1.807, 2.05) is 31.7 Å². The van der Waals surface area contributed by atoms with Crippen molar-refractivity contribution in [3.63, 3.8) is 0 Å². The van der Waals surface area contributed by atoms with Crippen molar-refractivity contribution in [1.29, 1.82) is 0 Å². The zero-order valence-electron chi connectivity index (χ0n) is 15.5. The maximum atomic E-state index is 12.9. The summed E-state index contributed by atoms with van der Waals surface area (Å²) < 4.78 is 44.8. The standard InChI is InChI=1S/C17H24BF3IN2O2/c1-12-13(11-18(19,20)21)9-14(22)10-15(12)23-5-7-24(8-6-23)16(25)26-17(2,3)4/h9-10H,5-8,11H2,1-4H3/q-1. The highest BCUT2D eigenvalue weighted by Gasteiger charge is 2.28. The zero-order chi connectivity index (χ0) is 19.7. The number of halogens is 4. The van der Waals surface area contributed by atoms with Gasteiger partial charge in [0.2, 0.25) is 0 Å². The third-order valence-electron chi connectivity index (χ3n) is 4.18. The molecule has 0 bridgehead atoms. The molecule has 0 aliphatic carbocycles. The van der Waals surface area contributed by atoms with Crippen molar-refractivity contribution in [3.8, 4) is 0 Å². The van der Waals surface area contributed by atoms with Gasteiger partial charge in [-0.3, -0.25) is 0 Å². The van der Waals surface area contributed by atoms with Gasteiger partial charge in [0.1, 0.15) is 5.60 Å². The third kappa shape index (κ3) is 5.95. The van der Waals surface area contributed by atoms with E-state index in [2.05, 4.69) is 22.6 Å². The molecule has 2 rings (SSSR count). The third-order valence-corrected chi connectivity index (χ3v) is 4.80. The first-order valence-corrected chi connectivity index (χ1v) is 9.66. The van der Waals surface area contributed by atoms with Gasteiger partial charge < -0.3 is 27.5 Å². The first kappa shape index (κ1) is 21.2. The molecule has 1 saturated heterocycles. The summed E-state index contributed by atoms with van der Waals surface area (Å²) in [7, 11) is 0. The quantitative estimate of drug-likeness (QED) is 0.466. The van der Waals surface area contributed by atoms with Crippen LogP contribution in [0.2, 0.25) is 0 Å². The summed E-state index contributed by atoms with van der Waals surface area (Å²) in [6.45, 7) is 4.42. The van der Waals surface area contributed by atoms with E-state index in [1.165, 1.54) is 0 Å². The van der Waals surface area contributed by atoms with Gasteiger partial charge in [0.25, 0.3) is 0 Å². The number of carbonyl (C=O) groups is 1. The molecule has 1 amide bonds. The lowest BCUT2D eigenvalue weighted by molar-refractivity contribution is 0.0240. The van der Waals surface area contributed by atoms with Crippen LogP contribution in [0.1, 0.15) is 31.9 Å². The van der Waals surface area contributed by atoms with E-state index in [9.17, 15) is 17.7 Å². The van der Waals surface area contributed by atoms with Gasteiger partial charge in [0, 0.05) is 35.4 Å². The molecule has 1 aliphatic heterocycles. The Kier molecular flexibility index (Phi) is 6.40. The molecule has 0 N–H and O–H groups in total. The molecule has 9 heteroatoms. The molecule has 1 fully saturated rings. The van der Waals surface area contributed by atoms with Crippen LogP contribution in [0.15, 0.2) is 12.1 Å². The van der Waals surface area contributed by atoms with Crippen molar-refractivity contribution in [2.75, 3.05) is 31.1 Å². The second-order valence-electron chi connectivity index (χ2n) is 7.58. The summed E-state index contributed by atoms with van der Waals surface area (Å²) in [5.74, 6) is 0. The molecule has 0 atom stereocenters. The van der Waals surface area contributed by atoms with Gasteiger partial charge in [-0.2, -0.15) is 0 Å². The Morgan fingerprint density at radius 2 is 1.77 bits per heavy atom. The number of nitrogens with zero attached hydrogens (tertiary/aromatic N) is 2. The van der Waals surface area contributed by atoms with Crippen LogP contribution in [0, 0.1) is 10.5 Å². The van der Waals surface area contributed by atoms with E-state index in [0.717, 1.165) is 9.26 Å². The van der Waals surface area contributed by atoms with Gasteiger partial charge in [0.15, 0.2) is 0 Å². The second kappa shape index (κ2) is 7.86. The van der Waals surface area contributed by atoms with Crippen LogP contribution in [0.5, 0.6) is 0 Å². The van der Waals surface area contributed by atoms with Crippen LogP contribution in [0.3, 0.4) is 0 Å². The van der Waals surface area contributed by atoms with Gasteiger partial charge in [0.05, 0.1) is 0 Å². The molecular weight excluding hydrogens is 459 g/mol. The molecule has 1 aromatic rings. The van der Waals surface area contributed by atoms with E-state index in [4.69, 9.17) is 4.74 Å². The van der Waals surface area contributed by atoms with Gasteiger partial charge in [-0.1, -0.05) is 11.9 Å². The minimum absolute atomic E-state index is 0.328. The lowest BCUT2D eigenvalue weighted by Gasteiger charge is -2.38. The predicted molar refractivity (Wildman–Crippen MR) is 107 cm³/mol. The number of hydrogen-bond acceptors (Lipinski definition) is 3. The van der Waals surface area contributed by atoms with E-state index < -0.39 is 18.9 Å². The smallest absolute Gasteiger partial charge is 0.449 e. The Labute approximate surface area is 166 Å². The number of amides is 1. The van der Waals surface area contributed by atoms with Gasteiger partial charge in [-0.15, -0.1) is 0 Å². The second-order valence-corrected chi connectivity index (χ2v) is 8.82. The van der Waals surface area contributed by atoms with Crippen LogP contribution in [0.25, 0.3) is 0 Å². The fraction of sp³-hybridized carbons (Fsp3) is 0.588. The van der Waals surface area contributed by atoms with Crippen LogP contribution < -0.4 is 4.90 Å². The van der Waals surface area contributed by atoms with Crippen molar-refractivity contribution >= 4 is 41.3 Å². The summed E-state index contributed by atoms with van der Waals surface area (Å²) in [6, 6.07) is 3.51. The molecule has 0 spiro atoms. The van der Waals surface area contributed by atoms with Crippen LogP contribution in [0.4, 0.5) is 23.4 Å². The molecule has 0 unspecified atom stereocenters. The first-order chi connectivity index (χ1) is 11.9. The van der Waals surface area contributed by atoms with Crippen LogP contribution >= 0.6 is 22.6 Å². The number of anilines is 1. The average molecular weight is 483 g/mol. The molecule has 1 heterocycles. The number of ether oxygens (including phenoxy) is 1. The molecule has 146 valence electrons. The van der Waals surface area contributed by atoms with Crippen molar-refractivity contribution in [2.45, 2.75) is 39.6 Å². The molecular formula is C17H24BF3IN2O2-. The minimum atomic E-state index is -4.88. The predicted octanol–water partition coefficient (Wildman–Crippen LogP) is 4.59. The maximum absolute atomic E-state index is 12.9. The summed E-state index contributed by atoms with van der Waals surface area (Å²) >= 11 is 2.05. The Balaban J connectivity index is 2.11. The molecule has 0 radical (unpaired) electrons. The summed E-state index contributed by atoms with van der Waals surface area (Å²) in [5.41, 5.74) is 1.26. The Morgan fingerprint density at radius 3 is 2.27 bits per heavy atom. The fourth-order valence-corrected chi connectivity index (χ4v) is 3.64. The van der Waals surface area contributed by atoms with Crippen molar-refractivity contribution in [2.24, 2.45) is 0 Å². The van der Waals surface area contributed by atoms with Crippen molar-refractivity contribution in [1.82, 2.24) is 4.90 Å². The molecule has 1 aliphatic rings. The van der Waals surface area contributed by atoms with Crippen LogP contribution in [-0.2, 0) is 11.1 Å². The normalized spacial score (nSPS) is 16.0. The summed E-state index contributed by atoms with van der Waals surface area (Å²) in [5, 5.41) is 0. The van der Waals surface area contributed by atoms with E-state index in [1.54, 1.807) is 17.9 Å². The molecule has 0 aromatic heterocycles. The minimum Gasteiger partial charge on any atom is -0.449 e. The highest BCUT2D eigenvalue weighted by atomic mass is 127. The Hall–Kier alpha value is -1.13. The number of carbonyl (C=O) groups excluding carboxylic acids is 1. The molecule has 4 nitrogen and oxygen atoms in total. The molecule has 1 aromatic carbocycles. The van der Waals surface area contributed by atoms with Crippen molar-refractivity contribution in [3.05, 3.63) is 26.8 Å². The fourth-order valence-electron chi connectivity index (χ4n) is 2.97. The summed E-state index contributed by atoms with van der Waals surface area (Å²) in [4.78, 5) is 15.8. The SMILES string of the molecule is Cc1c(C[B-](F)(F)F)cc(I)cc1N1CCN(C(=O)OC(C)(C)C)CC1.